The van der Waals surface area contributed by atoms with Crippen LogP contribution in [-0.2, 0) is 26.0 Å². The SMILES string of the molecule is COc1cc2c(cc1OCc1ccc(F)cc1)CCN1Cc3[nH]c4ccccc4c3CC21. The summed E-state index contributed by atoms with van der Waals surface area (Å²) >= 11 is 0. The van der Waals surface area contributed by atoms with Gasteiger partial charge in [-0.05, 0) is 65.4 Å². The summed E-state index contributed by atoms with van der Waals surface area (Å²) in [4.78, 5) is 6.20. The van der Waals surface area contributed by atoms with E-state index in [1.165, 1.54) is 45.4 Å². The predicted molar refractivity (Wildman–Crippen MR) is 123 cm³/mol. The van der Waals surface area contributed by atoms with Crippen molar-refractivity contribution < 1.29 is 13.9 Å². The molecular formula is C27H25FN2O2. The first-order chi connectivity index (χ1) is 15.7. The zero-order chi connectivity index (χ0) is 21.7. The molecule has 32 heavy (non-hydrogen) atoms. The smallest absolute Gasteiger partial charge is 0.161 e. The molecule has 0 amide bonds. The molecule has 0 saturated heterocycles. The fraction of sp³-hybridized carbons (Fsp3) is 0.259. The fourth-order valence-corrected chi connectivity index (χ4v) is 5.22. The zero-order valence-electron chi connectivity index (χ0n) is 18.0. The number of halogens is 1. The number of benzene rings is 3. The van der Waals surface area contributed by atoms with Gasteiger partial charge in [-0.2, -0.15) is 0 Å². The fourth-order valence-electron chi connectivity index (χ4n) is 5.22. The van der Waals surface area contributed by atoms with E-state index in [1.807, 2.05) is 0 Å². The minimum Gasteiger partial charge on any atom is -0.493 e. The van der Waals surface area contributed by atoms with Crippen LogP contribution in [-0.4, -0.2) is 23.5 Å². The standard InChI is InChI=1S/C27H25FN2O2/c1-31-26-14-21-18(12-27(26)32-16-17-6-8-19(28)9-7-17)10-11-30-15-24-22(13-25(21)30)20-4-2-3-5-23(20)29-24/h2-9,12,14,25,29H,10-11,13,15-16H2,1H3. The molecule has 3 aromatic carbocycles. The molecule has 0 radical (unpaired) electrons. The molecule has 4 nitrogen and oxygen atoms in total. The van der Waals surface area contributed by atoms with Gasteiger partial charge in [0.1, 0.15) is 12.4 Å². The molecule has 6 rings (SSSR count). The molecule has 5 heteroatoms. The van der Waals surface area contributed by atoms with E-state index >= 15 is 0 Å². The van der Waals surface area contributed by atoms with E-state index in [-0.39, 0.29) is 5.82 Å². The summed E-state index contributed by atoms with van der Waals surface area (Å²) in [6.07, 6.45) is 1.98. The second kappa shape index (κ2) is 7.68. The summed E-state index contributed by atoms with van der Waals surface area (Å²) in [6.45, 7) is 2.35. The number of para-hydroxylation sites is 1. The molecule has 162 valence electrons. The molecule has 2 aliphatic heterocycles. The van der Waals surface area contributed by atoms with Crippen LogP contribution in [0.3, 0.4) is 0 Å². The van der Waals surface area contributed by atoms with Crippen LogP contribution in [0.4, 0.5) is 4.39 Å². The Kier molecular flexibility index (Phi) is 4.65. The Bertz CT molecular complexity index is 1300. The van der Waals surface area contributed by atoms with Gasteiger partial charge in [-0.1, -0.05) is 30.3 Å². The maximum absolute atomic E-state index is 13.2. The average Bonchev–Trinajstić information content (AvgIpc) is 3.19. The highest BCUT2D eigenvalue weighted by atomic mass is 19.1. The second-order valence-corrected chi connectivity index (χ2v) is 8.69. The third-order valence-electron chi connectivity index (χ3n) is 6.86. The molecule has 0 saturated carbocycles. The van der Waals surface area contributed by atoms with Crippen LogP contribution in [0.25, 0.3) is 10.9 Å². The highest BCUT2D eigenvalue weighted by Gasteiger charge is 2.34. The van der Waals surface area contributed by atoms with Gasteiger partial charge in [-0.25, -0.2) is 4.39 Å². The van der Waals surface area contributed by atoms with Gasteiger partial charge in [-0.3, -0.25) is 4.90 Å². The molecule has 0 bridgehead atoms. The summed E-state index contributed by atoms with van der Waals surface area (Å²) in [5.41, 5.74) is 7.58. The summed E-state index contributed by atoms with van der Waals surface area (Å²) in [5, 5.41) is 1.33. The van der Waals surface area contributed by atoms with Crippen molar-refractivity contribution in [2.24, 2.45) is 0 Å². The first kappa shape index (κ1) is 19.4. The number of aromatic nitrogens is 1. The third-order valence-corrected chi connectivity index (χ3v) is 6.86. The largest absolute Gasteiger partial charge is 0.493 e. The maximum Gasteiger partial charge on any atom is 0.161 e. The molecule has 1 atom stereocenters. The van der Waals surface area contributed by atoms with E-state index < -0.39 is 0 Å². The number of nitrogens with one attached hydrogen (secondary N) is 1. The van der Waals surface area contributed by atoms with E-state index in [0.29, 0.717) is 12.6 Å². The van der Waals surface area contributed by atoms with Crippen molar-refractivity contribution in [2.45, 2.75) is 32.0 Å². The summed E-state index contributed by atoms with van der Waals surface area (Å²) in [5.74, 6) is 1.25. The van der Waals surface area contributed by atoms with Crippen LogP contribution in [0.15, 0.2) is 60.7 Å². The number of nitrogens with zero attached hydrogens (tertiary/aromatic N) is 1. The number of ether oxygens (including phenoxy) is 2. The van der Waals surface area contributed by atoms with Crippen LogP contribution in [0, 0.1) is 5.82 Å². The van der Waals surface area contributed by atoms with Gasteiger partial charge in [0.25, 0.3) is 0 Å². The predicted octanol–water partition coefficient (Wildman–Crippen LogP) is 5.55. The van der Waals surface area contributed by atoms with Crippen LogP contribution >= 0.6 is 0 Å². The van der Waals surface area contributed by atoms with E-state index in [0.717, 1.165) is 43.0 Å². The van der Waals surface area contributed by atoms with Crippen molar-refractivity contribution >= 4 is 10.9 Å². The number of hydrogen-bond donors (Lipinski definition) is 1. The van der Waals surface area contributed by atoms with E-state index in [2.05, 4.69) is 46.3 Å². The Morgan fingerprint density at radius 2 is 1.91 bits per heavy atom. The molecule has 1 aromatic heterocycles. The molecule has 2 aliphatic rings. The van der Waals surface area contributed by atoms with Crippen LogP contribution in [0.2, 0.25) is 0 Å². The number of fused-ring (bicyclic) bond motifs is 6. The summed E-state index contributed by atoms with van der Waals surface area (Å²) in [7, 11) is 1.69. The maximum atomic E-state index is 13.2. The van der Waals surface area contributed by atoms with Crippen LogP contribution < -0.4 is 9.47 Å². The van der Waals surface area contributed by atoms with Gasteiger partial charge in [0.05, 0.1) is 7.11 Å². The topological polar surface area (TPSA) is 37.5 Å². The van der Waals surface area contributed by atoms with Gasteiger partial charge in [0.2, 0.25) is 0 Å². The monoisotopic (exact) mass is 428 g/mol. The Hall–Kier alpha value is -3.31. The van der Waals surface area contributed by atoms with Crippen molar-refractivity contribution in [2.75, 3.05) is 13.7 Å². The van der Waals surface area contributed by atoms with Crippen LogP contribution in [0.5, 0.6) is 11.5 Å². The molecule has 0 fully saturated rings. The number of methoxy groups -OCH3 is 1. The van der Waals surface area contributed by atoms with E-state index in [9.17, 15) is 4.39 Å². The Labute approximate surface area is 186 Å². The third kappa shape index (κ3) is 3.24. The lowest BCUT2D eigenvalue weighted by Crippen LogP contribution is -2.39. The highest BCUT2D eigenvalue weighted by molar-refractivity contribution is 5.85. The molecule has 3 heterocycles. The molecular weight excluding hydrogens is 403 g/mol. The number of H-pyrrole nitrogens is 1. The lowest BCUT2D eigenvalue weighted by Gasteiger charge is -2.40. The van der Waals surface area contributed by atoms with E-state index in [1.54, 1.807) is 19.2 Å². The van der Waals surface area contributed by atoms with Crippen molar-refractivity contribution in [1.29, 1.82) is 0 Å². The number of hydrogen-bond acceptors (Lipinski definition) is 3. The van der Waals surface area contributed by atoms with Crippen molar-refractivity contribution in [3.05, 3.63) is 94.4 Å². The average molecular weight is 429 g/mol. The summed E-state index contributed by atoms with van der Waals surface area (Å²) in [6, 6.07) is 19.6. The van der Waals surface area contributed by atoms with Crippen molar-refractivity contribution in [3.63, 3.8) is 0 Å². The molecule has 4 aromatic rings. The Balaban J connectivity index is 1.32. The molecule has 0 aliphatic carbocycles. The normalized spacial score (nSPS) is 17.5. The van der Waals surface area contributed by atoms with Gasteiger partial charge in [-0.15, -0.1) is 0 Å². The first-order valence-electron chi connectivity index (χ1n) is 11.1. The Morgan fingerprint density at radius 1 is 1.06 bits per heavy atom. The quantitative estimate of drug-likeness (QED) is 0.463. The van der Waals surface area contributed by atoms with Crippen LogP contribution in [0.1, 0.15) is 34.0 Å². The van der Waals surface area contributed by atoms with Gasteiger partial charge < -0.3 is 14.5 Å². The zero-order valence-corrected chi connectivity index (χ0v) is 18.0. The molecule has 1 unspecified atom stereocenters. The van der Waals surface area contributed by atoms with Crippen molar-refractivity contribution in [1.82, 2.24) is 9.88 Å². The summed E-state index contributed by atoms with van der Waals surface area (Å²) < 4.78 is 25.0. The van der Waals surface area contributed by atoms with Gasteiger partial charge in [0, 0.05) is 35.7 Å². The lowest BCUT2D eigenvalue weighted by atomic mass is 9.85. The van der Waals surface area contributed by atoms with E-state index in [4.69, 9.17) is 9.47 Å². The Morgan fingerprint density at radius 3 is 2.75 bits per heavy atom. The molecule has 1 N–H and O–H groups in total. The highest BCUT2D eigenvalue weighted by Crippen LogP contribution is 2.43. The number of rotatable bonds is 4. The first-order valence-corrected chi connectivity index (χ1v) is 11.1. The second-order valence-electron chi connectivity index (χ2n) is 8.69. The minimum atomic E-state index is -0.240. The molecule has 0 spiro atoms. The van der Waals surface area contributed by atoms with Gasteiger partial charge in [0.15, 0.2) is 11.5 Å². The van der Waals surface area contributed by atoms with Gasteiger partial charge >= 0.3 is 0 Å². The number of aromatic amines is 1. The van der Waals surface area contributed by atoms with Crippen molar-refractivity contribution in [3.8, 4) is 11.5 Å². The minimum absolute atomic E-state index is 0.240. The lowest BCUT2D eigenvalue weighted by molar-refractivity contribution is 0.158.